The maximum atomic E-state index is 13.2. The monoisotopic (exact) mass is 571 g/mol. The van der Waals surface area contributed by atoms with Gasteiger partial charge >= 0.3 is 5.97 Å². The van der Waals surface area contributed by atoms with Crippen molar-refractivity contribution in [3.63, 3.8) is 0 Å². The summed E-state index contributed by atoms with van der Waals surface area (Å²) < 4.78 is 0. The summed E-state index contributed by atoms with van der Waals surface area (Å²) in [6, 6.07) is 13.5. The van der Waals surface area contributed by atoms with Crippen LogP contribution in [-0.2, 0) is 36.8 Å². The lowest BCUT2D eigenvalue weighted by Crippen LogP contribution is -2.57. The molecule has 4 unspecified atom stereocenters. The molecule has 0 fully saturated rings. The molecule has 12 heteroatoms. The molecule has 0 bridgehead atoms. The SMILES string of the molecule is CSCCC(NC(=O)C(N)Cc1ccccc1)C(=O)NC(CCC(N)=O)C(=O)NC(Cc1ccccc1)C(=O)O. The normalized spacial score (nSPS) is 13.8. The number of hydrogen-bond acceptors (Lipinski definition) is 7. The maximum Gasteiger partial charge on any atom is 0.326 e. The van der Waals surface area contributed by atoms with Crippen LogP contribution in [0.3, 0.4) is 0 Å². The first-order chi connectivity index (χ1) is 19.1. The fourth-order valence-electron chi connectivity index (χ4n) is 3.89. The Kier molecular flexibility index (Phi) is 13.7. The van der Waals surface area contributed by atoms with Crippen molar-refractivity contribution in [2.75, 3.05) is 12.0 Å². The van der Waals surface area contributed by atoms with E-state index in [9.17, 15) is 29.1 Å². The van der Waals surface area contributed by atoms with E-state index < -0.39 is 53.8 Å². The largest absolute Gasteiger partial charge is 0.480 e. The van der Waals surface area contributed by atoms with Crippen LogP contribution in [0.5, 0.6) is 0 Å². The second kappa shape index (κ2) is 16.9. The van der Waals surface area contributed by atoms with Gasteiger partial charge in [-0.05, 0) is 42.4 Å². The summed E-state index contributed by atoms with van der Waals surface area (Å²) in [6.07, 6.45) is 2.02. The molecule has 0 heterocycles. The molecule has 0 spiro atoms. The number of amides is 4. The molecule has 2 rings (SSSR count). The summed E-state index contributed by atoms with van der Waals surface area (Å²) in [7, 11) is 0. The van der Waals surface area contributed by atoms with E-state index in [0.717, 1.165) is 5.56 Å². The van der Waals surface area contributed by atoms with Gasteiger partial charge in [0.1, 0.15) is 18.1 Å². The molecule has 0 aliphatic rings. The van der Waals surface area contributed by atoms with E-state index in [1.807, 2.05) is 36.6 Å². The van der Waals surface area contributed by atoms with Crippen molar-refractivity contribution in [3.8, 4) is 0 Å². The number of carboxylic acids is 1. The Bertz CT molecular complexity index is 1130. The molecule has 11 nitrogen and oxygen atoms in total. The van der Waals surface area contributed by atoms with Gasteiger partial charge in [-0.3, -0.25) is 19.2 Å². The first-order valence-corrected chi connectivity index (χ1v) is 14.2. The molecule has 4 atom stereocenters. The topological polar surface area (TPSA) is 194 Å². The minimum absolute atomic E-state index is 0.0180. The molecule has 216 valence electrons. The van der Waals surface area contributed by atoms with E-state index in [-0.39, 0.29) is 32.1 Å². The summed E-state index contributed by atoms with van der Waals surface area (Å²) in [6.45, 7) is 0. The van der Waals surface area contributed by atoms with Crippen LogP contribution in [-0.4, -0.2) is 70.9 Å². The highest BCUT2D eigenvalue weighted by atomic mass is 32.2. The van der Waals surface area contributed by atoms with Gasteiger partial charge in [-0.25, -0.2) is 4.79 Å². The molecule has 8 N–H and O–H groups in total. The zero-order valence-corrected chi connectivity index (χ0v) is 23.2. The molecular weight excluding hydrogens is 534 g/mol. The van der Waals surface area contributed by atoms with Crippen molar-refractivity contribution in [2.24, 2.45) is 11.5 Å². The number of carbonyl (C=O) groups excluding carboxylic acids is 4. The fourth-order valence-corrected chi connectivity index (χ4v) is 4.37. The van der Waals surface area contributed by atoms with Crippen molar-refractivity contribution >= 4 is 41.4 Å². The van der Waals surface area contributed by atoms with Crippen LogP contribution < -0.4 is 27.4 Å². The molecule has 2 aromatic rings. The summed E-state index contributed by atoms with van der Waals surface area (Å²) in [5.41, 5.74) is 12.9. The third-order valence-electron chi connectivity index (χ3n) is 6.09. The van der Waals surface area contributed by atoms with E-state index in [1.54, 1.807) is 30.3 Å². The minimum atomic E-state index is -1.27. The Morgan fingerprint density at radius 3 is 1.73 bits per heavy atom. The highest BCUT2D eigenvalue weighted by Crippen LogP contribution is 2.08. The van der Waals surface area contributed by atoms with Gasteiger partial charge in [-0.1, -0.05) is 60.7 Å². The number of aliphatic carboxylic acids is 1. The lowest BCUT2D eigenvalue weighted by molar-refractivity contribution is -0.142. The van der Waals surface area contributed by atoms with Crippen LogP contribution in [0.15, 0.2) is 60.7 Å². The molecule has 0 saturated heterocycles. The Morgan fingerprint density at radius 1 is 0.750 bits per heavy atom. The van der Waals surface area contributed by atoms with Gasteiger partial charge in [0.15, 0.2) is 0 Å². The number of benzene rings is 2. The lowest BCUT2D eigenvalue weighted by atomic mass is 10.0. The van der Waals surface area contributed by atoms with E-state index >= 15 is 0 Å². The van der Waals surface area contributed by atoms with Crippen LogP contribution in [0.1, 0.15) is 30.4 Å². The van der Waals surface area contributed by atoms with Gasteiger partial charge < -0.3 is 32.5 Å². The molecule has 40 heavy (non-hydrogen) atoms. The van der Waals surface area contributed by atoms with Gasteiger partial charge in [0.05, 0.1) is 6.04 Å². The number of nitrogens with two attached hydrogens (primary N) is 2. The van der Waals surface area contributed by atoms with Gasteiger partial charge in [-0.2, -0.15) is 11.8 Å². The number of carbonyl (C=O) groups is 5. The van der Waals surface area contributed by atoms with E-state index in [0.29, 0.717) is 11.3 Å². The average Bonchev–Trinajstić information content (AvgIpc) is 2.93. The first kappa shape index (κ1) is 32.3. The predicted molar refractivity (Wildman–Crippen MR) is 153 cm³/mol. The third-order valence-corrected chi connectivity index (χ3v) is 6.73. The summed E-state index contributed by atoms with van der Waals surface area (Å²) in [5, 5.41) is 17.3. The fraction of sp³-hybridized carbons (Fsp3) is 0.393. The van der Waals surface area contributed by atoms with Crippen molar-refractivity contribution in [1.82, 2.24) is 16.0 Å². The number of rotatable bonds is 17. The average molecular weight is 572 g/mol. The minimum Gasteiger partial charge on any atom is -0.480 e. The van der Waals surface area contributed by atoms with E-state index in [2.05, 4.69) is 16.0 Å². The highest BCUT2D eigenvalue weighted by molar-refractivity contribution is 7.98. The Hall–Kier alpha value is -3.90. The molecule has 0 aromatic heterocycles. The van der Waals surface area contributed by atoms with Crippen molar-refractivity contribution < 1.29 is 29.1 Å². The van der Waals surface area contributed by atoms with E-state index in [1.165, 1.54) is 11.8 Å². The predicted octanol–water partition coefficient (Wildman–Crippen LogP) is 0.357. The van der Waals surface area contributed by atoms with Gasteiger partial charge in [0, 0.05) is 12.8 Å². The Labute approximate surface area is 237 Å². The van der Waals surface area contributed by atoms with Crippen LogP contribution >= 0.6 is 11.8 Å². The van der Waals surface area contributed by atoms with E-state index in [4.69, 9.17) is 11.5 Å². The number of primary amides is 1. The summed E-state index contributed by atoms with van der Waals surface area (Å²) >= 11 is 1.47. The van der Waals surface area contributed by atoms with Gasteiger partial charge in [0.25, 0.3) is 0 Å². The van der Waals surface area contributed by atoms with Gasteiger partial charge in [-0.15, -0.1) is 0 Å². The number of carboxylic acid groups (broad SMARTS) is 1. The molecule has 4 amide bonds. The van der Waals surface area contributed by atoms with Gasteiger partial charge in [0.2, 0.25) is 23.6 Å². The van der Waals surface area contributed by atoms with Crippen molar-refractivity contribution in [2.45, 2.75) is 56.3 Å². The molecule has 2 aromatic carbocycles. The summed E-state index contributed by atoms with van der Waals surface area (Å²) in [4.78, 5) is 62.5. The summed E-state index contributed by atoms with van der Waals surface area (Å²) in [5.74, 6) is -3.39. The van der Waals surface area contributed by atoms with Crippen LogP contribution in [0.25, 0.3) is 0 Å². The van der Waals surface area contributed by atoms with Crippen molar-refractivity contribution in [3.05, 3.63) is 71.8 Å². The first-order valence-electron chi connectivity index (χ1n) is 12.8. The van der Waals surface area contributed by atoms with Crippen LogP contribution in [0.2, 0.25) is 0 Å². The zero-order chi connectivity index (χ0) is 29.5. The Morgan fingerprint density at radius 2 is 1.23 bits per heavy atom. The third kappa shape index (κ3) is 11.5. The smallest absolute Gasteiger partial charge is 0.326 e. The number of nitrogens with one attached hydrogen (secondary N) is 3. The van der Waals surface area contributed by atoms with Crippen LogP contribution in [0.4, 0.5) is 0 Å². The lowest BCUT2D eigenvalue weighted by Gasteiger charge is -2.25. The molecule has 0 saturated carbocycles. The highest BCUT2D eigenvalue weighted by Gasteiger charge is 2.30. The maximum absolute atomic E-state index is 13.2. The molecule has 0 aliphatic heterocycles. The van der Waals surface area contributed by atoms with Crippen molar-refractivity contribution in [1.29, 1.82) is 0 Å². The standard InChI is InChI=1S/C28H37N5O6S/c1-40-15-14-22(31-25(35)20(29)16-18-8-4-2-5-9-18)27(37)32-21(12-13-24(30)34)26(36)33-23(28(38)39)17-19-10-6-3-7-11-19/h2-11,20-23H,12-17,29H2,1H3,(H2,30,34)(H,31,35)(H,32,37)(H,33,36)(H,38,39). The quantitative estimate of drug-likeness (QED) is 0.157. The molecular formula is C28H37N5O6S. The van der Waals surface area contributed by atoms with Crippen LogP contribution in [0, 0.1) is 0 Å². The second-order valence-electron chi connectivity index (χ2n) is 9.29. The number of hydrogen-bond donors (Lipinski definition) is 6. The Balaban J connectivity index is 2.13. The zero-order valence-electron chi connectivity index (χ0n) is 22.4. The molecule has 0 aliphatic carbocycles. The second-order valence-corrected chi connectivity index (χ2v) is 10.3. The molecule has 0 radical (unpaired) electrons. The number of thioether (sulfide) groups is 1.